The highest BCUT2D eigenvalue weighted by Crippen LogP contribution is 2.64. The Morgan fingerprint density at radius 2 is 2.23 bits per heavy atom. The molecule has 3 aliphatic heterocycles. The van der Waals surface area contributed by atoms with Gasteiger partial charge in [0.15, 0.2) is 0 Å². The molecule has 1 saturated carbocycles. The molecular weight excluding hydrogens is 272 g/mol. The Labute approximate surface area is 131 Å². The minimum atomic E-state index is -0.131. The maximum atomic E-state index is 6.17. The van der Waals surface area contributed by atoms with E-state index in [2.05, 4.69) is 55.8 Å². The molecule has 1 aromatic rings. The lowest BCUT2D eigenvalue weighted by Gasteiger charge is -2.51. The fraction of sp³-hybridized carbons (Fsp3) is 0.421. The summed E-state index contributed by atoms with van der Waals surface area (Å²) in [6.07, 6.45) is 3.26. The first-order valence-electron chi connectivity index (χ1n) is 7.99. The molecule has 3 unspecified atom stereocenters. The molecule has 1 fully saturated rings. The van der Waals surface area contributed by atoms with E-state index in [1.165, 1.54) is 22.5 Å². The summed E-state index contributed by atoms with van der Waals surface area (Å²) in [5, 5.41) is 0. The Kier molecular flexibility index (Phi) is 2.14. The summed E-state index contributed by atoms with van der Waals surface area (Å²) in [5.41, 5.74) is 6.36. The SMILES string of the molecule is C=CC1(C)CN(C)C2=C3CC(OC2)C2=Nc4ccccc4C231. The number of fused-ring (bicyclic) bond motifs is 3. The number of rotatable bonds is 1. The van der Waals surface area contributed by atoms with Crippen molar-refractivity contribution in [2.45, 2.75) is 24.9 Å². The summed E-state index contributed by atoms with van der Waals surface area (Å²) < 4.78 is 6.17. The second-order valence-electron chi connectivity index (χ2n) is 7.17. The number of para-hydroxylation sites is 1. The average molecular weight is 292 g/mol. The van der Waals surface area contributed by atoms with Gasteiger partial charge in [0.1, 0.15) is 6.10 Å². The van der Waals surface area contributed by atoms with E-state index in [9.17, 15) is 0 Å². The lowest BCUT2D eigenvalue weighted by molar-refractivity contribution is 0.0835. The highest BCUT2D eigenvalue weighted by atomic mass is 16.5. The summed E-state index contributed by atoms with van der Waals surface area (Å²) in [7, 11) is 2.18. The summed E-state index contributed by atoms with van der Waals surface area (Å²) in [6, 6.07) is 8.60. The third-order valence-corrected chi connectivity index (χ3v) is 6.18. The van der Waals surface area contributed by atoms with Crippen molar-refractivity contribution in [3.63, 3.8) is 0 Å². The van der Waals surface area contributed by atoms with Crippen LogP contribution in [-0.2, 0) is 10.2 Å². The van der Waals surface area contributed by atoms with E-state index in [4.69, 9.17) is 9.73 Å². The van der Waals surface area contributed by atoms with E-state index in [1.807, 2.05) is 0 Å². The molecule has 5 rings (SSSR count). The van der Waals surface area contributed by atoms with Crippen LogP contribution in [0.15, 0.2) is 53.2 Å². The number of likely N-dealkylation sites (N-methyl/N-ethyl adjacent to an activating group) is 1. The molecule has 3 atom stereocenters. The molecule has 3 heterocycles. The van der Waals surface area contributed by atoms with Crippen LogP contribution in [0.3, 0.4) is 0 Å². The van der Waals surface area contributed by atoms with Crippen LogP contribution < -0.4 is 0 Å². The first kappa shape index (κ1) is 12.7. The molecule has 1 aromatic carbocycles. The Bertz CT molecular complexity index is 777. The van der Waals surface area contributed by atoms with E-state index >= 15 is 0 Å². The summed E-state index contributed by atoms with van der Waals surface area (Å²) in [4.78, 5) is 7.39. The first-order chi connectivity index (χ1) is 10.6. The quantitative estimate of drug-likeness (QED) is 0.743. The van der Waals surface area contributed by atoms with Gasteiger partial charge in [0.2, 0.25) is 0 Å². The van der Waals surface area contributed by atoms with Gasteiger partial charge >= 0.3 is 0 Å². The van der Waals surface area contributed by atoms with Crippen LogP contribution in [0.25, 0.3) is 0 Å². The zero-order valence-corrected chi connectivity index (χ0v) is 13.1. The van der Waals surface area contributed by atoms with Crippen molar-refractivity contribution in [3.05, 3.63) is 53.8 Å². The largest absolute Gasteiger partial charge is 0.375 e. The van der Waals surface area contributed by atoms with Crippen molar-refractivity contribution in [2.24, 2.45) is 10.4 Å². The van der Waals surface area contributed by atoms with Gasteiger partial charge in [-0.15, -0.1) is 6.58 Å². The van der Waals surface area contributed by atoms with Gasteiger partial charge in [-0.25, -0.2) is 0 Å². The molecule has 22 heavy (non-hydrogen) atoms. The second kappa shape index (κ2) is 3.72. The van der Waals surface area contributed by atoms with Gasteiger partial charge in [0, 0.05) is 31.1 Å². The van der Waals surface area contributed by atoms with Crippen LogP contribution in [0.1, 0.15) is 18.9 Å². The molecule has 4 aliphatic rings. The fourth-order valence-corrected chi connectivity index (χ4v) is 5.25. The number of nitrogens with zero attached hydrogens (tertiary/aromatic N) is 2. The zero-order chi connectivity index (χ0) is 15.1. The van der Waals surface area contributed by atoms with Gasteiger partial charge in [0.05, 0.1) is 23.4 Å². The molecule has 0 radical (unpaired) electrons. The van der Waals surface area contributed by atoms with E-state index in [0.29, 0.717) is 6.61 Å². The Hall–Kier alpha value is -1.87. The van der Waals surface area contributed by atoms with Crippen LogP contribution in [0, 0.1) is 5.41 Å². The Morgan fingerprint density at radius 1 is 1.41 bits per heavy atom. The maximum absolute atomic E-state index is 6.17. The predicted octanol–water partition coefficient (Wildman–Crippen LogP) is 3.20. The smallest absolute Gasteiger partial charge is 0.101 e. The van der Waals surface area contributed by atoms with Crippen LogP contribution in [0.5, 0.6) is 0 Å². The third-order valence-electron chi connectivity index (χ3n) is 6.18. The minimum Gasteiger partial charge on any atom is -0.375 e. The number of hydrogen-bond donors (Lipinski definition) is 0. The topological polar surface area (TPSA) is 24.8 Å². The van der Waals surface area contributed by atoms with Gasteiger partial charge < -0.3 is 9.64 Å². The number of ether oxygens (including phenoxy) is 1. The highest BCUT2D eigenvalue weighted by Gasteiger charge is 2.66. The van der Waals surface area contributed by atoms with Crippen LogP contribution in [-0.4, -0.2) is 36.9 Å². The van der Waals surface area contributed by atoms with E-state index in [-0.39, 0.29) is 16.9 Å². The molecule has 0 N–H and O–H groups in total. The zero-order valence-electron chi connectivity index (χ0n) is 13.1. The summed E-state index contributed by atoms with van der Waals surface area (Å²) >= 11 is 0. The van der Waals surface area contributed by atoms with Gasteiger partial charge in [-0.1, -0.05) is 31.2 Å². The van der Waals surface area contributed by atoms with Gasteiger partial charge in [-0.3, -0.25) is 4.99 Å². The molecule has 1 aliphatic carbocycles. The summed E-state index contributed by atoms with van der Waals surface area (Å²) in [5.74, 6) is 0. The molecule has 2 bridgehead atoms. The predicted molar refractivity (Wildman–Crippen MR) is 87.5 cm³/mol. The average Bonchev–Trinajstić information content (AvgIpc) is 3.01. The van der Waals surface area contributed by atoms with Gasteiger partial charge in [-0.05, 0) is 17.2 Å². The molecule has 112 valence electrons. The number of aliphatic imine (C=N–C) groups is 1. The molecule has 1 spiro atoms. The third kappa shape index (κ3) is 1.11. The van der Waals surface area contributed by atoms with Crippen LogP contribution in [0.4, 0.5) is 5.69 Å². The lowest BCUT2D eigenvalue weighted by Crippen LogP contribution is -2.55. The van der Waals surface area contributed by atoms with Gasteiger partial charge in [-0.2, -0.15) is 0 Å². The van der Waals surface area contributed by atoms with Crippen LogP contribution in [0.2, 0.25) is 0 Å². The second-order valence-corrected chi connectivity index (χ2v) is 7.17. The molecule has 0 saturated heterocycles. The van der Waals surface area contributed by atoms with Crippen molar-refractivity contribution in [1.82, 2.24) is 4.90 Å². The Balaban J connectivity index is 1.93. The summed E-state index contributed by atoms with van der Waals surface area (Å²) in [6.45, 7) is 8.21. The van der Waals surface area contributed by atoms with E-state index in [0.717, 1.165) is 18.7 Å². The van der Waals surface area contributed by atoms with Gasteiger partial charge in [0.25, 0.3) is 0 Å². The molecule has 3 heteroatoms. The van der Waals surface area contributed by atoms with Crippen molar-refractivity contribution in [1.29, 1.82) is 0 Å². The maximum Gasteiger partial charge on any atom is 0.101 e. The minimum absolute atomic E-state index is 0.0610. The highest BCUT2D eigenvalue weighted by molar-refractivity contribution is 6.11. The standard InChI is InChI=1S/C19H20N2O/c1-4-18(2)11-21(3)15-10-22-16-9-13(15)19(18)12-7-5-6-8-14(12)20-17(16)19/h4-8,16H,1,9-11H2,2-3H3. The molecule has 0 amide bonds. The number of benzene rings is 1. The molecule has 0 aromatic heterocycles. The lowest BCUT2D eigenvalue weighted by atomic mass is 9.55. The molecular formula is C19H20N2O. The fourth-order valence-electron chi connectivity index (χ4n) is 5.25. The van der Waals surface area contributed by atoms with E-state index in [1.54, 1.807) is 0 Å². The van der Waals surface area contributed by atoms with Crippen molar-refractivity contribution in [3.8, 4) is 0 Å². The molecule has 3 nitrogen and oxygen atoms in total. The normalized spacial score (nSPS) is 37.8. The Morgan fingerprint density at radius 3 is 3.05 bits per heavy atom. The van der Waals surface area contributed by atoms with E-state index < -0.39 is 0 Å². The van der Waals surface area contributed by atoms with Crippen LogP contribution >= 0.6 is 0 Å². The van der Waals surface area contributed by atoms with Crippen molar-refractivity contribution in [2.75, 3.05) is 20.2 Å². The first-order valence-corrected chi connectivity index (χ1v) is 7.99. The number of hydrogen-bond acceptors (Lipinski definition) is 3. The monoisotopic (exact) mass is 292 g/mol. The van der Waals surface area contributed by atoms with Crippen molar-refractivity contribution >= 4 is 11.4 Å². The van der Waals surface area contributed by atoms with Crippen molar-refractivity contribution < 1.29 is 4.74 Å².